The lowest BCUT2D eigenvalue weighted by molar-refractivity contribution is -0.120. The highest BCUT2D eigenvalue weighted by Crippen LogP contribution is 2.18. The third-order valence-corrected chi connectivity index (χ3v) is 4.39. The lowest BCUT2D eigenvalue weighted by Gasteiger charge is -2.10. The predicted octanol–water partition coefficient (Wildman–Crippen LogP) is 3.08. The molecule has 3 aromatic rings. The van der Waals surface area contributed by atoms with Crippen LogP contribution in [0, 0.1) is 19.7 Å². The molecule has 5 nitrogen and oxygen atoms in total. The normalized spacial score (nSPS) is 10.7. The number of benzene rings is 2. The lowest BCUT2D eigenvalue weighted by atomic mass is 10.1. The molecule has 0 aliphatic heterocycles. The van der Waals surface area contributed by atoms with Crippen molar-refractivity contribution in [2.75, 3.05) is 13.1 Å². The van der Waals surface area contributed by atoms with Gasteiger partial charge in [-0.1, -0.05) is 24.3 Å². The van der Waals surface area contributed by atoms with Gasteiger partial charge in [0.1, 0.15) is 5.82 Å². The number of aromatic nitrogens is 1. The van der Waals surface area contributed by atoms with Crippen molar-refractivity contribution in [2.24, 2.45) is 0 Å². The number of fused-ring (bicyclic) bond motifs is 1. The molecular formula is C22H22FN3O2. The first-order chi connectivity index (χ1) is 13.4. The van der Waals surface area contributed by atoms with E-state index in [1.807, 2.05) is 31.2 Å². The van der Waals surface area contributed by atoms with E-state index in [4.69, 9.17) is 0 Å². The number of nitrogens with zero attached hydrogens (tertiary/aromatic N) is 1. The van der Waals surface area contributed by atoms with Crippen molar-refractivity contribution in [3.05, 3.63) is 76.7 Å². The molecule has 144 valence electrons. The summed E-state index contributed by atoms with van der Waals surface area (Å²) in [5, 5.41) is 6.41. The molecular weight excluding hydrogens is 357 g/mol. The van der Waals surface area contributed by atoms with Gasteiger partial charge >= 0.3 is 0 Å². The van der Waals surface area contributed by atoms with Gasteiger partial charge in [-0.25, -0.2) is 4.39 Å². The van der Waals surface area contributed by atoms with E-state index in [0.29, 0.717) is 29.9 Å². The molecule has 0 fully saturated rings. The average Bonchev–Trinajstić information content (AvgIpc) is 2.64. The van der Waals surface area contributed by atoms with Gasteiger partial charge in [-0.2, -0.15) is 0 Å². The molecule has 2 aromatic carbocycles. The minimum atomic E-state index is -0.368. The van der Waals surface area contributed by atoms with Crippen molar-refractivity contribution < 1.29 is 14.0 Å². The Balaban J connectivity index is 1.51. The van der Waals surface area contributed by atoms with Crippen LogP contribution in [0.25, 0.3) is 10.9 Å². The minimum absolute atomic E-state index is 0.0961. The molecule has 3 rings (SSSR count). The molecule has 2 N–H and O–H groups in total. The quantitative estimate of drug-likeness (QED) is 0.647. The van der Waals surface area contributed by atoms with E-state index in [0.717, 1.165) is 16.5 Å². The van der Waals surface area contributed by atoms with Crippen molar-refractivity contribution >= 4 is 22.7 Å². The van der Waals surface area contributed by atoms with Gasteiger partial charge in [0.2, 0.25) is 5.91 Å². The first kappa shape index (κ1) is 19.5. The molecule has 0 spiro atoms. The van der Waals surface area contributed by atoms with Gasteiger partial charge in [0.15, 0.2) is 0 Å². The van der Waals surface area contributed by atoms with Crippen LogP contribution in [0.1, 0.15) is 27.2 Å². The molecule has 0 bridgehead atoms. The van der Waals surface area contributed by atoms with E-state index in [1.165, 1.54) is 12.1 Å². The summed E-state index contributed by atoms with van der Waals surface area (Å²) in [6.07, 6.45) is 0.0961. The van der Waals surface area contributed by atoms with Crippen LogP contribution in [0.15, 0.2) is 48.5 Å². The summed E-state index contributed by atoms with van der Waals surface area (Å²) in [6.45, 7) is 4.38. The molecule has 1 heterocycles. The molecule has 2 amide bonds. The minimum Gasteiger partial charge on any atom is -0.354 e. The molecule has 0 aliphatic carbocycles. The Morgan fingerprint density at radius 3 is 2.57 bits per heavy atom. The van der Waals surface area contributed by atoms with Crippen LogP contribution >= 0.6 is 0 Å². The van der Waals surface area contributed by atoms with E-state index < -0.39 is 0 Å². The monoisotopic (exact) mass is 379 g/mol. The van der Waals surface area contributed by atoms with Gasteiger partial charge in [-0.15, -0.1) is 0 Å². The zero-order valence-electron chi connectivity index (χ0n) is 15.9. The van der Waals surface area contributed by atoms with Crippen LogP contribution in [0.3, 0.4) is 0 Å². The largest absolute Gasteiger partial charge is 0.354 e. The summed E-state index contributed by atoms with van der Waals surface area (Å²) >= 11 is 0. The Bertz CT molecular complexity index is 1030. The fraction of sp³-hybridized carbons (Fsp3) is 0.227. The van der Waals surface area contributed by atoms with E-state index in [1.54, 1.807) is 19.1 Å². The number of rotatable bonds is 6. The van der Waals surface area contributed by atoms with Crippen LogP contribution in [-0.4, -0.2) is 29.9 Å². The number of pyridine rings is 1. The van der Waals surface area contributed by atoms with Gasteiger partial charge in [-0.05, 0) is 49.2 Å². The summed E-state index contributed by atoms with van der Waals surface area (Å²) in [5.74, 6) is -0.822. The summed E-state index contributed by atoms with van der Waals surface area (Å²) in [4.78, 5) is 28.9. The third-order valence-electron chi connectivity index (χ3n) is 4.39. The number of carbonyl (C=O) groups excluding carboxylic acids is 2. The maximum absolute atomic E-state index is 13.1. The van der Waals surface area contributed by atoms with Gasteiger partial charge in [0.25, 0.3) is 5.91 Å². The molecule has 28 heavy (non-hydrogen) atoms. The molecule has 0 saturated heterocycles. The third kappa shape index (κ3) is 4.91. The Labute approximate surface area is 163 Å². The van der Waals surface area contributed by atoms with Crippen LogP contribution in [0.4, 0.5) is 4.39 Å². The zero-order valence-corrected chi connectivity index (χ0v) is 15.9. The summed E-state index contributed by atoms with van der Waals surface area (Å²) in [5.41, 5.74) is 3.76. The number of hydrogen-bond acceptors (Lipinski definition) is 3. The molecule has 0 aliphatic rings. The van der Waals surface area contributed by atoms with E-state index in [-0.39, 0.29) is 24.1 Å². The molecule has 0 atom stereocenters. The first-order valence-electron chi connectivity index (χ1n) is 9.10. The molecule has 0 unspecified atom stereocenters. The van der Waals surface area contributed by atoms with Gasteiger partial charge < -0.3 is 10.6 Å². The highest BCUT2D eigenvalue weighted by atomic mass is 19.1. The number of amides is 2. The lowest BCUT2D eigenvalue weighted by Crippen LogP contribution is -2.35. The number of aryl methyl sites for hydroxylation is 2. The van der Waals surface area contributed by atoms with Crippen LogP contribution in [0.2, 0.25) is 0 Å². The zero-order chi connectivity index (χ0) is 20.1. The van der Waals surface area contributed by atoms with Crippen LogP contribution in [0.5, 0.6) is 0 Å². The van der Waals surface area contributed by atoms with Crippen molar-refractivity contribution in [3.63, 3.8) is 0 Å². The Morgan fingerprint density at radius 2 is 1.79 bits per heavy atom. The Hall–Kier alpha value is -3.28. The van der Waals surface area contributed by atoms with E-state index in [2.05, 4.69) is 15.6 Å². The molecule has 0 radical (unpaired) electrons. The molecule has 1 aromatic heterocycles. The highest BCUT2D eigenvalue weighted by molar-refractivity contribution is 5.98. The Morgan fingerprint density at radius 1 is 1.00 bits per heavy atom. The maximum Gasteiger partial charge on any atom is 0.253 e. The van der Waals surface area contributed by atoms with Gasteiger partial charge in [0, 0.05) is 18.5 Å². The summed E-state index contributed by atoms with van der Waals surface area (Å²) < 4.78 is 13.1. The fourth-order valence-corrected chi connectivity index (χ4v) is 2.97. The highest BCUT2D eigenvalue weighted by Gasteiger charge is 2.11. The van der Waals surface area contributed by atoms with Crippen LogP contribution in [-0.2, 0) is 11.2 Å². The topological polar surface area (TPSA) is 71.1 Å². The standard InChI is InChI=1S/C22H22FN3O2/c1-14-6-7-17-13-19(15(2)26-20(17)10-14)22(28)25-9-8-24-21(27)12-16-4-3-5-18(23)11-16/h3-7,10-11,13H,8-9,12H2,1-2H3,(H,24,27)(H,25,28). The van der Waals surface area contributed by atoms with E-state index >= 15 is 0 Å². The van der Waals surface area contributed by atoms with E-state index in [9.17, 15) is 14.0 Å². The van der Waals surface area contributed by atoms with Crippen molar-refractivity contribution in [1.82, 2.24) is 15.6 Å². The average molecular weight is 379 g/mol. The number of carbonyl (C=O) groups is 2. The van der Waals surface area contributed by atoms with Crippen molar-refractivity contribution in [3.8, 4) is 0 Å². The van der Waals surface area contributed by atoms with Gasteiger partial charge in [-0.3, -0.25) is 14.6 Å². The van der Waals surface area contributed by atoms with Crippen LogP contribution < -0.4 is 10.6 Å². The Kier molecular flexibility index (Phi) is 5.99. The van der Waals surface area contributed by atoms with Crippen molar-refractivity contribution in [2.45, 2.75) is 20.3 Å². The summed E-state index contributed by atoms with van der Waals surface area (Å²) in [6, 6.07) is 13.7. The second kappa shape index (κ2) is 8.61. The maximum atomic E-state index is 13.1. The first-order valence-corrected chi connectivity index (χ1v) is 9.10. The second-order valence-electron chi connectivity index (χ2n) is 6.73. The second-order valence-corrected chi connectivity index (χ2v) is 6.73. The van der Waals surface area contributed by atoms with Gasteiger partial charge in [0.05, 0.1) is 23.2 Å². The van der Waals surface area contributed by atoms with Crippen molar-refractivity contribution in [1.29, 1.82) is 0 Å². The number of nitrogens with one attached hydrogen (secondary N) is 2. The molecule has 0 saturated carbocycles. The molecule has 6 heteroatoms. The SMILES string of the molecule is Cc1ccc2cc(C(=O)NCCNC(=O)Cc3cccc(F)c3)c(C)nc2c1. The summed E-state index contributed by atoms with van der Waals surface area (Å²) in [7, 11) is 0. The predicted molar refractivity (Wildman–Crippen MR) is 107 cm³/mol. The number of halogens is 1. The number of hydrogen-bond donors (Lipinski definition) is 2. The smallest absolute Gasteiger partial charge is 0.253 e. The fourth-order valence-electron chi connectivity index (χ4n) is 2.97.